The highest BCUT2D eigenvalue weighted by molar-refractivity contribution is 5.77. The molecule has 0 spiro atoms. The van der Waals surface area contributed by atoms with Gasteiger partial charge >= 0.3 is 5.97 Å². The maximum Gasteiger partial charge on any atom is 0.306 e. The van der Waals surface area contributed by atoms with Crippen molar-refractivity contribution in [1.82, 2.24) is 5.32 Å². The fraction of sp³-hybridized carbons (Fsp3) is 0.885. The highest BCUT2D eigenvalue weighted by Crippen LogP contribution is 2.18. The third-order valence-electron chi connectivity index (χ3n) is 11.8. The molecule has 6 heteroatoms. The highest BCUT2D eigenvalue weighted by atomic mass is 16.5. The van der Waals surface area contributed by atoms with Gasteiger partial charge in [0.2, 0.25) is 5.91 Å². The summed E-state index contributed by atoms with van der Waals surface area (Å²) in [6.07, 6.45) is 52.4. The lowest BCUT2D eigenvalue weighted by molar-refractivity contribution is -0.151. The fourth-order valence-electron chi connectivity index (χ4n) is 7.83. The third kappa shape index (κ3) is 41.1. The van der Waals surface area contributed by atoms with E-state index in [0.29, 0.717) is 19.3 Å². The highest BCUT2D eigenvalue weighted by Gasteiger charge is 2.24. The largest absolute Gasteiger partial charge is 0.462 e. The van der Waals surface area contributed by atoms with Crippen LogP contribution >= 0.6 is 0 Å². The molecule has 1 amide bonds. The van der Waals surface area contributed by atoms with E-state index in [1.165, 1.54) is 154 Å². The first-order chi connectivity index (χ1) is 28.5. The second kappa shape index (κ2) is 46.4. The molecule has 6 nitrogen and oxygen atoms in total. The van der Waals surface area contributed by atoms with Gasteiger partial charge < -0.3 is 20.3 Å². The zero-order valence-electron chi connectivity index (χ0n) is 38.9. The van der Waals surface area contributed by atoms with Gasteiger partial charge in [-0.05, 0) is 77.0 Å². The molecule has 3 atom stereocenters. The van der Waals surface area contributed by atoms with Crippen molar-refractivity contribution in [2.45, 2.75) is 289 Å². The van der Waals surface area contributed by atoms with Crippen LogP contribution in [0.4, 0.5) is 0 Å². The number of esters is 1. The first-order valence-electron chi connectivity index (χ1n) is 25.6. The number of hydrogen-bond donors (Lipinski definition) is 3. The first kappa shape index (κ1) is 56.3. The van der Waals surface area contributed by atoms with Crippen LogP contribution in [-0.4, -0.2) is 46.9 Å². The predicted molar refractivity (Wildman–Crippen MR) is 250 cm³/mol. The van der Waals surface area contributed by atoms with Crippen LogP contribution in [0.15, 0.2) is 24.3 Å². The molecule has 342 valence electrons. The number of allylic oxidation sites excluding steroid dienone is 4. The molecule has 0 saturated heterocycles. The molecular weight excluding hydrogens is 719 g/mol. The Kier molecular flexibility index (Phi) is 45.1. The minimum absolute atomic E-state index is 0.0642. The van der Waals surface area contributed by atoms with Crippen molar-refractivity contribution in [3.8, 4) is 0 Å². The lowest BCUT2D eigenvalue weighted by Crippen LogP contribution is -2.46. The number of nitrogens with one attached hydrogen (secondary N) is 1. The van der Waals surface area contributed by atoms with E-state index in [2.05, 4.69) is 50.4 Å². The van der Waals surface area contributed by atoms with Crippen molar-refractivity contribution in [2.24, 2.45) is 0 Å². The van der Waals surface area contributed by atoms with Gasteiger partial charge in [-0.1, -0.05) is 206 Å². The second-order valence-electron chi connectivity index (χ2n) is 17.6. The van der Waals surface area contributed by atoms with Gasteiger partial charge in [-0.2, -0.15) is 0 Å². The van der Waals surface area contributed by atoms with Gasteiger partial charge in [-0.15, -0.1) is 0 Å². The van der Waals surface area contributed by atoms with Gasteiger partial charge in [0.15, 0.2) is 0 Å². The normalized spacial score (nSPS) is 13.4. The Morgan fingerprint density at radius 1 is 0.483 bits per heavy atom. The summed E-state index contributed by atoms with van der Waals surface area (Å²) in [5.74, 6) is -0.501. The molecule has 0 aliphatic rings. The molecule has 0 heterocycles. The van der Waals surface area contributed by atoms with Crippen molar-refractivity contribution in [2.75, 3.05) is 6.61 Å². The average molecular weight is 818 g/mol. The number of aliphatic hydroxyl groups excluding tert-OH is 2. The molecule has 0 radical (unpaired) electrons. The summed E-state index contributed by atoms with van der Waals surface area (Å²) in [7, 11) is 0. The molecule has 0 aromatic rings. The van der Waals surface area contributed by atoms with Gasteiger partial charge in [0.05, 0.1) is 25.2 Å². The Hall–Kier alpha value is -1.66. The molecule has 0 aromatic carbocycles. The van der Waals surface area contributed by atoms with Gasteiger partial charge in [0, 0.05) is 6.42 Å². The van der Waals surface area contributed by atoms with Crippen LogP contribution in [0.3, 0.4) is 0 Å². The van der Waals surface area contributed by atoms with E-state index < -0.39 is 18.2 Å². The molecule has 0 aromatic heterocycles. The Bertz CT molecular complexity index is 919. The third-order valence-corrected chi connectivity index (χ3v) is 11.8. The number of carbonyl (C=O) groups is 2. The minimum Gasteiger partial charge on any atom is -0.462 e. The predicted octanol–water partition coefficient (Wildman–Crippen LogP) is 15.1. The van der Waals surface area contributed by atoms with Gasteiger partial charge in [-0.3, -0.25) is 9.59 Å². The average Bonchev–Trinajstić information content (AvgIpc) is 3.22. The molecule has 0 bridgehead atoms. The van der Waals surface area contributed by atoms with Crippen LogP contribution in [0.1, 0.15) is 271 Å². The summed E-state index contributed by atoms with van der Waals surface area (Å²) in [4.78, 5) is 26.0. The summed E-state index contributed by atoms with van der Waals surface area (Å²) in [5, 5.41) is 23.7. The quantitative estimate of drug-likeness (QED) is 0.0323. The Morgan fingerprint density at radius 2 is 0.828 bits per heavy atom. The van der Waals surface area contributed by atoms with E-state index in [1.54, 1.807) is 0 Å². The zero-order valence-corrected chi connectivity index (χ0v) is 38.9. The SMILES string of the molecule is CCCCC/C=C\CCCCCC(CC(=O)NC(CO)C(O)CCCCCCCCCCCCCCCCCC)OC(=O)CCCCC/C=C\CCCCCCCC. The summed E-state index contributed by atoms with van der Waals surface area (Å²) in [6, 6.07) is -0.704. The fourth-order valence-corrected chi connectivity index (χ4v) is 7.83. The molecule has 0 aliphatic heterocycles. The van der Waals surface area contributed by atoms with Crippen molar-refractivity contribution in [1.29, 1.82) is 0 Å². The van der Waals surface area contributed by atoms with Crippen LogP contribution in [0.25, 0.3) is 0 Å². The van der Waals surface area contributed by atoms with E-state index in [0.717, 1.165) is 70.6 Å². The van der Waals surface area contributed by atoms with E-state index in [1.807, 2.05) is 0 Å². The molecular formula is C52H99NO5. The maximum absolute atomic E-state index is 13.2. The van der Waals surface area contributed by atoms with E-state index >= 15 is 0 Å². The van der Waals surface area contributed by atoms with E-state index in [-0.39, 0.29) is 24.9 Å². The maximum atomic E-state index is 13.2. The lowest BCUT2D eigenvalue weighted by Gasteiger charge is -2.24. The first-order valence-corrected chi connectivity index (χ1v) is 25.6. The van der Waals surface area contributed by atoms with Crippen molar-refractivity contribution in [3.05, 3.63) is 24.3 Å². The number of ether oxygens (including phenoxy) is 1. The topological polar surface area (TPSA) is 95.9 Å². The smallest absolute Gasteiger partial charge is 0.306 e. The molecule has 0 aliphatic carbocycles. The Morgan fingerprint density at radius 3 is 1.28 bits per heavy atom. The minimum atomic E-state index is -0.790. The molecule has 0 saturated carbocycles. The number of unbranched alkanes of at least 4 members (excludes halogenated alkanes) is 30. The molecule has 3 unspecified atom stereocenters. The van der Waals surface area contributed by atoms with Crippen molar-refractivity contribution in [3.63, 3.8) is 0 Å². The molecule has 0 fully saturated rings. The summed E-state index contributed by atoms with van der Waals surface area (Å²) >= 11 is 0. The number of hydrogen-bond acceptors (Lipinski definition) is 5. The standard InChI is InChI=1S/C52H99NO5/c1-4-7-10-13-16-19-22-24-25-26-28-29-32-35-38-41-44-50(55)49(47-54)53-51(56)46-48(43-40-37-34-31-21-18-15-12-9-6-3)58-52(57)45-42-39-36-33-30-27-23-20-17-14-11-8-5-2/h18,21,27,30,48-50,54-55H,4-17,19-20,22-26,28-29,31-47H2,1-3H3,(H,53,56)/b21-18-,30-27-. The molecule has 0 rings (SSSR count). The zero-order chi connectivity index (χ0) is 42.4. The Balaban J connectivity index is 4.48. The van der Waals surface area contributed by atoms with Crippen LogP contribution in [-0.2, 0) is 14.3 Å². The van der Waals surface area contributed by atoms with E-state index in [4.69, 9.17) is 4.74 Å². The summed E-state index contributed by atoms with van der Waals surface area (Å²) in [6.45, 7) is 6.45. The van der Waals surface area contributed by atoms with Crippen LogP contribution in [0.2, 0.25) is 0 Å². The van der Waals surface area contributed by atoms with Crippen LogP contribution < -0.4 is 5.32 Å². The van der Waals surface area contributed by atoms with Gasteiger partial charge in [-0.25, -0.2) is 0 Å². The number of amides is 1. The molecule has 3 N–H and O–H groups in total. The van der Waals surface area contributed by atoms with Crippen molar-refractivity contribution >= 4 is 11.9 Å². The second-order valence-corrected chi connectivity index (χ2v) is 17.6. The van der Waals surface area contributed by atoms with Crippen LogP contribution in [0, 0.1) is 0 Å². The number of aliphatic hydroxyl groups is 2. The van der Waals surface area contributed by atoms with Crippen LogP contribution in [0.5, 0.6) is 0 Å². The lowest BCUT2D eigenvalue weighted by atomic mass is 10.0. The van der Waals surface area contributed by atoms with Gasteiger partial charge in [0.1, 0.15) is 6.10 Å². The molecule has 58 heavy (non-hydrogen) atoms. The summed E-state index contributed by atoms with van der Waals surface area (Å²) < 4.78 is 5.90. The van der Waals surface area contributed by atoms with E-state index in [9.17, 15) is 19.8 Å². The van der Waals surface area contributed by atoms with Crippen molar-refractivity contribution < 1.29 is 24.5 Å². The monoisotopic (exact) mass is 818 g/mol. The number of carbonyl (C=O) groups excluding carboxylic acids is 2. The Labute approximate surface area is 361 Å². The summed E-state index contributed by atoms with van der Waals surface area (Å²) in [5.41, 5.74) is 0. The van der Waals surface area contributed by atoms with Gasteiger partial charge in [0.25, 0.3) is 0 Å². The number of rotatable bonds is 46.